The Balaban J connectivity index is 2.08. The summed E-state index contributed by atoms with van der Waals surface area (Å²) in [5, 5.41) is 3.40. The molecule has 0 bridgehead atoms. The van der Waals surface area contributed by atoms with Gasteiger partial charge in [-0.1, -0.05) is 17.7 Å². The maximum absolute atomic E-state index is 5.97. The van der Waals surface area contributed by atoms with Gasteiger partial charge in [-0.2, -0.15) is 0 Å². The van der Waals surface area contributed by atoms with E-state index >= 15 is 0 Å². The third-order valence-corrected chi connectivity index (χ3v) is 4.76. The van der Waals surface area contributed by atoms with Crippen LogP contribution in [-0.4, -0.2) is 24.4 Å². The Morgan fingerprint density at radius 2 is 1.88 bits per heavy atom. The topological polar surface area (TPSA) is 38.0 Å². The fraction of sp³-hybridized carbons (Fsp3) is 0.538. The smallest absolute Gasteiger partial charge is 0.0353 e. The SMILES string of the molecule is Cc1ccc(SC2(CN)CCNCC2)cc1. The van der Waals surface area contributed by atoms with E-state index in [1.165, 1.54) is 23.3 Å². The lowest BCUT2D eigenvalue weighted by Gasteiger charge is -2.36. The van der Waals surface area contributed by atoms with Gasteiger partial charge in [0.25, 0.3) is 0 Å². The van der Waals surface area contributed by atoms with Crippen LogP contribution in [0.2, 0.25) is 0 Å². The molecule has 3 N–H and O–H groups in total. The normalized spacial score (nSPS) is 19.6. The first-order valence-electron chi connectivity index (χ1n) is 5.91. The Morgan fingerprint density at radius 1 is 1.25 bits per heavy atom. The Morgan fingerprint density at radius 3 is 2.44 bits per heavy atom. The first kappa shape index (κ1) is 12.0. The quantitative estimate of drug-likeness (QED) is 0.844. The van der Waals surface area contributed by atoms with Gasteiger partial charge in [-0.3, -0.25) is 0 Å². The molecular weight excluding hydrogens is 216 g/mol. The lowest BCUT2D eigenvalue weighted by atomic mass is 9.97. The molecule has 0 unspecified atom stereocenters. The molecule has 16 heavy (non-hydrogen) atoms. The van der Waals surface area contributed by atoms with Crippen LogP contribution in [0, 0.1) is 6.92 Å². The molecule has 0 amide bonds. The van der Waals surface area contributed by atoms with Crippen molar-refractivity contribution in [1.29, 1.82) is 0 Å². The highest BCUT2D eigenvalue weighted by molar-refractivity contribution is 8.00. The highest BCUT2D eigenvalue weighted by Gasteiger charge is 2.31. The van der Waals surface area contributed by atoms with Crippen molar-refractivity contribution in [2.75, 3.05) is 19.6 Å². The Kier molecular flexibility index (Phi) is 3.90. The van der Waals surface area contributed by atoms with Crippen molar-refractivity contribution in [2.24, 2.45) is 5.73 Å². The minimum absolute atomic E-state index is 0.251. The van der Waals surface area contributed by atoms with E-state index in [0.29, 0.717) is 0 Å². The van der Waals surface area contributed by atoms with E-state index in [2.05, 4.69) is 36.5 Å². The predicted octanol–water partition coefficient (Wildman–Crippen LogP) is 2.17. The van der Waals surface area contributed by atoms with E-state index < -0.39 is 0 Å². The van der Waals surface area contributed by atoms with Gasteiger partial charge >= 0.3 is 0 Å². The van der Waals surface area contributed by atoms with Crippen LogP contribution in [0.25, 0.3) is 0 Å². The molecule has 0 saturated carbocycles. The van der Waals surface area contributed by atoms with Gasteiger partial charge in [-0.15, -0.1) is 11.8 Å². The average molecular weight is 236 g/mol. The zero-order valence-corrected chi connectivity index (χ0v) is 10.6. The maximum Gasteiger partial charge on any atom is 0.0353 e. The van der Waals surface area contributed by atoms with Crippen molar-refractivity contribution >= 4 is 11.8 Å². The molecule has 2 rings (SSSR count). The van der Waals surface area contributed by atoms with E-state index in [9.17, 15) is 0 Å². The zero-order chi connectivity index (χ0) is 11.4. The molecule has 1 aliphatic heterocycles. The summed E-state index contributed by atoms with van der Waals surface area (Å²) in [6, 6.07) is 8.76. The number of hydrogen-bond donors (Lipinski definition) is 2. The monoisotopic (exact) mass is 236 g/mol. The first-order valence-corrected chi connectivity index (χ1v) is 6.72. The van der Waals surface area contributed by atoms with Gasteiger partial charge in [-0.05, 0) is 45.0 Å². The molecular formula is C13H20N2S. The maximum atomic E-state index is 5.97. The highest BCUT2D eigenvalue weighted by atomic mass is 32.2. The third-order valence-electron chi connectivity index (χ3n) is 3.24. The summed E-state index contributed by atoms with van der Waals surface area (Å²) >= 11 is 1.96. The number of rotatable bonds is 3. The van der Waals surface area contributed by atoms with Gasteiger partial charge < -0.3 is 11.1 Å². The van der Waals surface area contributed by atoms with Gasteiger partial charge in [0.2, 0.25) is 0 Å². The van der Waals surface area contributed by atoms with Crippen molar-refractivity contribution in [3.63, 3.8) is 0 Å². The summed E-state index contributed by atoms with van der Waals surface area (Å²) in [6.07, 6.45) is 2.34. The molecule has 0 spiro atoms. The predicted molar refractivity (Wildman–Crippen MR) is 70.9 cm³/mol. The minimum atomic E-state index is 0.251. The molecule has 1 aromatic carbocycles. The fourth-order valence-corrected chi connectivity index (χ4v) is 3.35. The second-order valence-corrected chi connectivity index (χ2v) is 6.09. The first-order chi connectivity index (χ1) is 7.74. The average Bonchev–Trinajstić information content (AvgIpc) is 2.33. The molecule has 1 fully saturated rings. The van der Waals surface area contributed by atoms with Crippen molar-refractivity contribution in [3.8, 4) is 0 Å². The van der Waals surface area contributed by atoms with E-state index in [1.54, 1.807) is 0 Å². The van der Waals surface area contributed by atoms with Gasteiger partial charge in [0.05, 0.1) is 0 Å². The Bertz CT molecular complexity index is 328. The number of hydrogen-bond acceptors (Lipinski definition) is 3. The summed E-state index contributed by atoms with van der Waals surface area (Å²) < 4.78 is 0.251. The van der Waals surface area contributed by atoms with Crippen molar-refractivity contribution in [3.05, 3.63) is 29.8 Å². The van der Waals surface area contributed by atoms with Crippen LogP contribution in [-0.2, 0) is 0 Å². The Labute approximate surface area is 102 Å². The van der Waals surface area contributed by atoms with Crippen LogP contribution >= 0.6 is 11.8 Å². The summed E-state index contributed by atoms with van der Waals surface area (Å²) in [6.45, 7) is 5.08. The molecule has 1 heterocycles. The van der Waals surface area contributed by atoms with Crippen LogP contribution in [0.4, 0.5) is 0 Å². The molecule has 1 aliphatic rings. The summed E-state index contributed by atoms with van der Waals surface area (Å²) in [5.41, 5.74) is 7.28. The van der Waals surface area contributed by atoms with E-state index in [4.69, 9.17) is 5.73 Å². The number of benzene rings is 1. The van der Waals surface area contributed by atoms with Crippen LogP contribution in [0.15, 0.2) is 29.2 Å². The van der Waals surface area contributed by atoms with Crippen LogP contribution in [0.3, 0.4) is 0 Å². The molecule has 1 aromatic rings. The number of aryl methyl sites for hydroxylation is 1. The Hall–Kier alpha value is -0.510. The molecule has 1 saturated heterocycles. The molecule has 0 aromatic heterocycles. The van der Waals surface area contributed by atoms with E-state index in [1.807, 2.05) is 11.8 Å². The number of nitrogens with one attached hydrogen (secondary N) is 1. The third kappa shape index (κ3) is 2.78. The molecule has 88 valence electrons. The molecule has 3 heteroatoms. The largest absolute Gasteiger partial charge is 0.329 e. The van der Waals surface area contributed by atoms with E-state index in [0.717, 1.165) is 19.6 Å². The zero-order valence-electron chi connectivity index (χ0n) is 9.83. The number of piperidine rings is 1. The fourth-order valence-electron chi connectivity index (χ4n) is 2.09. The lowest BCUT2D eigenvalue weighted by molar-refractivity contribution is 0.420. The second-order valence-electron chi connectivity index (χ2n) is 4.55. The van der Waals surface area contributed by atoms with Crippen LogP contribution in [0.1, 0.15) is 18.4 Å². The van der Waals surface area contributed by atoms with Crippen LogP contribution in [0.5, 0.6) is 0 Å². The van der Waals surface area contributed by atoms with Gasteiger partial charge in [0.1, 0.15) is 0 Å². The van der Waals surface area contributed by atoms with Crippen molar-refractivity contribution < 1.29 is 0 Å². The molecule has 2 nitrogen and oxygen atoms in total. The summed E-state index contributed by atoms with van der Waals surface area (Å²) in [4.78, 5) is 1.35. The highest BCUT2D eigenvalue weighted by Crippen LogP contribution is 2.38. The van der Waals surface area contributed by atoms with Crippen molar-refractivity contribution in [2.45, 2.75) is 29.4 Å². The van der Waals surface area contributed by atoms with Crippen LogP contribution < -0.4 is 11.1 Å². The molecule has 0 aliphatic carbocycles. The van der Waals surface area contributed by atoms with E-state index in [-0.39, 0.29) is 4.75 Å². The standard InChI is InChI=1S/C13H20N2S/c1-11-2-4-12(5-3-11)16-13(10-14)6-8-15-9-7-13/h2-5,15H,6-10,14H2,1H3. The summed E-state index contributed by atoms with van der Waals surface area (Å²) in [5.74, 6) is 0. The molecule has 0 atom stereocenters. The second kappa shape index (κ2) is 5.21. The lowest BCUT2D eigenvalue weighted by Crippen LogP contribution is -2.44. The summed E-state index contributed by atoms with van der Waals surface area (Å²) in [7, 11) is 0. The van der Waals surface area contributed by atoms with Gasteiger partial charge in [0.15, 0.2) is 0 Å². The number of nitrogens with two attached hydrogens (primary N) is 1. The van der Waals surface area contributed by atoms with Gasteiger partial charge in [-0.25, -0.2) is 0 Å². The van der Waals surface area contributed by atoms with Gasteiger partial charge in [0, 0.05) is 16.2 Å². The van der Waals surface area contributed by atoms with Crippen molar-refractivity contribution in [1.82, 2.24) is 5.32 Å². The minimum Gasteiger partial charge on any atom is -0.329 e. The molecule has 0 radical (unpaired) electrons. The number of thioether (sulfide) groups is 1.